The van der Waals surface area contributed by atoms with Crippen LogP contribution in [-0.2, 0) is 13.1 Å². The Bertz CT molecular complexity index is 632. The van der Waals surface area contributed by atoms with E-state index < -0.39 is 0 Å². The quantitative estimate of drug-likeness (QED) is 0.756. The molecule has 0 aliphatic heterocycles. The first kappa shape index (κ1) is 17.3. The highest BCUT2D eigenvalue weighted by atomic mass is 35.5. The van der Waals surface area contributed by atoms with Crippen LogP contribution < -0.4 is 14.8 Å². The average Bonchev–Trinajstić information content (AvgIpc) is 2.99. The maximum absolute atomic E-state index is 6.31. The van der Waals surface area contributed by atoms with E-state index in [4.69, 9.17) is 21.1 Å². The minimum atomic E-state index is 0.530. The summed E-state index contributed by atoms with van der Waals surface area (Å²) in [6, 6.07) is 3.76. The molecule has 2 rings (SSSR count). The molecule has 0 radical (unpaired) electrons. The van der Waals surface area contributed by atoms with E-state index in [0.717, 1.165) is 24.9 Å². The van der Waals surface area contributed by atoms with Gasteiger partial charge in [0.15, 0.2) is 11.5 Å². The van der Waals surface area contributed by atoms with Gasteiger partial charge in [0.25, 0.3) is 0 Å². The fourth-order valence-electron chi connectivity index (χ4n) is 2.09. The molecular weight excluding hydrogens is 318 g/mol. The molecule has 0 amide bonds. The number of hydrogen-bond donors (Lipinski definition) is 1. The van der Waals surface area contributed by atoms with E-state index in [1.54, 1.807) is 11.8 Å². The molecule has 0 bridgehead atoms. The summed E-state index contributed by atoms with van der Waals surface area (Å²) in [5.41, 5.74) is 0.960. The monoisotopic (exact) mass is 339 g/mol. The molecule has 0 unspecified atom stereocenters. The van der Waals surface area contributed by atoms with Gasteiger partial charge in [0.05, 0.1) is 18.7 Å². The zero-order valence-electron chi connectivity index (χ0n) is 13.7. The van der Waals surface area contributed by atoms with Crippen LogP contribution in [-0.4, -0.2) is 33.9 Å². The lowest BCUT2D eigenvalue weighted by molar-refractivity contribution is 0.294. The van der Waals surface area contributed by atoms with Crippen LogP contribution in [0.4, 0.5) is 5.95 Å². The Kier molecular flexibility index (Phi) is 6.46. The lowest BCUT2D eigenvalue weighted by atomic mass is 10.2. The maximum atomic E-state index is 6.31. The molecule has 1 N–H and O–H groups in total. The third-order valence-corrected chi connectivity index (χ3v) is 3.44. The number of hydrogen-bond acceptors (Lipinski definition) is 6. The lowest BCUT2D eigenvalue weighted by Crippen LogP contribution is -2.09. The summed E-state index contributed by atoms with van der Waals surface area (Å²) in [5, 5.41) is 15.3. The number of ether oxygens (including phenoxy) is 2. The number of methoxy groups -OCH3 is 1. The molecule has 0 atom stereocenters. The molecular formula is C15H22ClN5O2. The fraction of sp³-hybridized carbons (Fsp3) is 0.533. The van der Waals surface area contributed by atoms with Gasteiger partial charge in [-0.2, -0.15) is 0 Å². The number of benzene rings is 1. The highest BCUT2D eigenvalue weighted by Crippen LogP contribution is 2.36. The molecule has 0 aliphatic carbocycles. The second kappa shape index (κ2) is 8.57. The molecule has 0 fully saturated rings. The molecule has 1 aromatic heterocycles. The number of halogens is 1. The Labute approximate surface area is 140 Å². The Morgan fingerprint density at radius 3 is 2.78 bits per heavy atom. The van der Waals surface area contributed by atoms with E-state index in [2.05, 4.69) is 27.8 Å². The molecule has 1 heterocycles. The fourth-order valence-corrected chi connectivity index (χ4v) is 2.38. The van der Waals surface area contributed by atoms with Crippen molar-refractivity contribution >= 4 is 17.5 Å². The summed E-state index contributed by atoms with van der Waals surface area (Å²) in [7, 11) is 1.60. The van der Waals surface area contributed by atoms with Gasteiger partial charge in [0.2, 0.25) is 5.95 Å². The summed E-state index contributed by atoms with van der Waals surface area (Å²) in [6.07, 6.45) is 1.87. The molecule has 7 nitrogen and oxygen atoms in total. The van der Waals surface area contributed by atoms with Gasteiger partial charge in [-0.05, 0) is 41.0 Å². The summed E-state index contributed by atoms with van der Waals surface area (Å²) in [4.78, 5) is 0. The first-order chi connectivity index (χ1) is 11.2. The zero-order valence-corrected chi connectivity index (χ0v) is 14.4. The van der Waals surface area contributed by atoms with Crippen molar-refractivity contribution in [2.24, 2.45) is 0 Å². The van der Waals surface area contributed by atoms with Crippen molar-refractivity contribution in [2.45, 2.75) is 39.8 Å². The largest absolute Gasteiger partial charge is 0.493 e. The number of nitrogens with one attached hydrogen (secondary N) is 1. The van der Waals surface area contributed by atoms with Gasteiger partial charge < -0.3 is 14.8 Å². The molecule has 8 heteroatoms. The van der Waals surface area contributed by atoms with Crippen molar-refractivity contribution in [3.05, 3.63) is 22.7 Å². The molecule has 2 aromatic rings. The van der Waals surface area contributed by atoms with Gasteiger partial charge >= 0.3 is 0 Å². The van der Waals surface area contributed by atoms with E-state index in [1.807, 2.05) is 19.1 Å². The normalized spacial score (nSPS) is 10.6. The number of rotatable bonds is 9. The maximum Gasteiger partial charge on any atom is 0.243 e. The highest BCUT2D eigenvalue weighted by molar-refractivity contribution is 6.32. The standard InChI is InChI=1S/C15H22ClN5O2/c1-4-6-21-15(18-19-20-21)17-10-11-8-12(16)14(23-7-5-2)13(9-11)22-3/h8-9H,4-7,10H2,1-3H3,(H,17,18,20). The van der Waals surface area contributed by atoms with Crippen LogP contribution in [0.15, 0.2) is 12.1 Å². The predicted molar refractivity (Wildman–Crippen MR) is 89.2 cm³/mol. The second-order valence-electron chi connectivity index (χ2n) is 5.04. The van der Waals surface area contributed by atoms with Gasteiger partial charge in [-0.1, -0.05) is 30.5 Å². The summed E-state index contributed by atoms with van der Waals surface area (Å²) in [6.45, 7) is 6.02. The van der Waals surface area contributed by atoms with Crippen molar-refractivity contribution < 1.29 is 9.47 Å². The van der Waals surface area contributed by atoms with E-state index in [0.29, 0.717) is 35.6 Å². The molecule has 1 aromatic carbocycles. The summed E-state index contributed by atoms with van der Waals surface area (Å²) in [5.74, 6) is 1.83. The summed E-state index contributed by atoms with van der Waals surface area (Å²) < 4.78 is 12.8. The van der Waals surface area contributed by atoms with Crippen LogP contribution in [0.25, 0.3) is 0 Å². The van der Waals surface area contributed by atoms with Crippen LogP contribution >= 0.6 is 11.6 Å². The molecule has 0 spiro atoms. The Balaban J connectivity index is 2.11. The van der Waals surface area contributed by atoms with Crippen LogP contribution in [0.5, 0.6) is 11.5 Å². The lowest BCUT2D eigenvalue weighted by Gasteiger charge is -2.14. The minimum Gasteiger partial charge on any atom is -0.493 e. The minimum absolute atomic E-state index is 0.530. The number of anilines is 1. The Morgan fingerprint density at radius 1 is 1.26 bits per heavy atom. The van der Waals surface area contributed by atoms with Gasteiger partial charge in [-0.15, -0.1) is 0 Å². The van der Waals surface area contributed by atoms with Crippen LogP contribution in [0.2, 0.25) is 5.02 Å². The third kappa shape index (κ3) is 4.48. The molecule has 23 heavy (non-hydrogen) atoms. The number of tetrazole rings is 1. The van der Waals surface area contributed by atoms with Crippen LogP contribution in [0.1, 0.15) is 32.3 Å². The first-order valence-corrected chi connectivity index (χ1v) is 8.06. The van der Waals surface area contributed by atoms with Crippen molar-refractivity contribution in [2.75, 3.05) is 19.0 Å². The first-order valence-electron chi connectivity index (χ1n) is 7.68. The second-order valence-corrected chi connectivity index (χ2v) is 5.44. The van der Waals surface area contributed by atoms with Crippen molar-refractivity contribution in [1.82, 2.24) is 20.2 Å². The Hall–Kier alpha value is -2.02. The molecule has 0 saturated heterocycles. The summed E-state index contributed by atoms with van der Waals surface area (Å²) >= 11 is 6.31. The van der Waals surface area contributed by atoms with Gasteiger partial charge in [0.1, 0.15) is 0 Å². The van der Waals surface area contributed by atoms with E-state index in [-0.39, 0.29) is 0 Å². The van der Waals surface area contributed by atoms with Crippen molar-refractivity contribution in [1.29, 1.82) is 0 Å². The van der Waals surface area contributed by atoms with E-state index in [9.17, 15) is 0 Å². The highest BCUT2D eigenvalue weighted by Gasteiger charge is 2.12. The van der Waals surface area contributed by atoms with Crippen LogP contribution in [0.3, 0.4) is 0 Å². The van der Waals surface area contributed by atoms with Gasteiger partial charge in [0, 0.05) is 13.1 Å². The third-order valence-electron chi connectivity index (χ3n) is 3.16. The Morgan fingerprint density at radius 2 is 2.09 bits per heavy atom. The molecule has 0 saturated carbocycles. The van der Waals surface area contributed by atoms with Gasteiger partial charge in [-0.3, -0.25) is 0 Å². The van der Waals surface area contributed by atoms with Crippen molar-refractivity contribution in [3.63, 3.8) is 0 Å². The smallest absolute Gasteiger partial charge is 0.243 e. The van der Waals surface area contributed by atoms with E-state index >= 15 is 0 Å². The average molecular weight is 340 g/mol. The number of aryl methyl sites for hydroxylation is 1. The van der Waals surface area contributed by atoms with Crippen molar-refractivity contribution in [3.8, 4) is 11.5 Å². The van der Waals surface area contributed by atoms with E-state index in [1.165, 1.54) is 0 Å². The number of nitrogens with zero attached hydrogens (tertiary/aromatic N) is 4. The predicted octanol–water partition coefficient (Wildman–Crippen LogP) is 3.15. The molecule has 0 aliphatic rings. The topological polar surface area (TPSA) is 74.1 Å². The van der Waals surface area contributed by atoms with Crippen LogP contribution in [0, 0.1) is 0 Å². The number of aromatic nitrogens is 4. The SMILES string of the molecule is CCCOc1c(Cl)cc(CNc2nnnn2CCC)cc1OC. The molecule has 126 valence electrons. The van der Waals surface area contributed by atoms with Gasteiger partial charge in [-0.25, -0.2) is 4.68 Å². The zero-order chi connectivity index (χ0) is 16.7.